The number of methoxy groups -OCH3 is 2. The highest BCUT2D eigenvalue weighted by atomic mass is 35.5. The number of aliphatic hydroxyl groups is 1. The van der Waals surface area contributed by atoms with Gasteiger partial charge in [-0.15, -0.1) is 0 Å². The highest BCUT2D eigenvalue weighted by molar-refractivity contribution is 6.36. The number of hydrogen-bond donors (Lipinski definition) is 3. The van der Waals surface area contributed by atoms with E-state index in [0.717, 1.165) is 0 Å². The molecule has 4 rings (SSSR count). The van der Waals surface area contributed by atoms with E-state index < -0.39 is 30.3 Å². The number of amides is 1. The van der Waals surface area contributed by atoms with Crippen molar-refractivity contribution < 1.29 is 32.5 Å². The van der Waals surface area contributed by atoms with E-state index in [-0.39, 0.29) is 23.0 Å². The molecule has 0 radical (unpaired) electrons. The van der Waals surface area contributed by atoms with Crippen molar-refractivity contribution in [2.45, 2.75) is 37.7 Å². The summed E-state index contributed by atoms with van der Waals surface area (Å²) in [6, 6.07) is 8.39. The van der Waals surface area contributed by atoms with Crippen LogP contribution >= 0.6 is 11.6 Å². The third kappa shape index (κ3) is 4.93. The molecule has 1 aromatic heterocycles. The van der Waals surface area contributed by atoms with Gasteiger partial charge in [-0.3, -0.25) is 4.79 Å². The third-order valence-electron chi connectivity index (χ3n) is 5.97. The van der Waals surface area contributed by atoms with Crippen LogP contribution in [0.25, 0.3) is 0 Å². The van der Waals surface area contributed by atoms with Gasteiger partial charge >= 0.3 is 6.18 Å². The average Bonchev–Trinajstić information content (AvgIpc) is 3.19. The van der Waals surface area contributed by atoms with Crippen molar-refractivity contribution in [1.82, 2.24) is 9.78 Å². The van der Waals surface area contributed by atoms with Gasteiger partial charge in [0.15, 0.2) is 23.2 Å². The van der Waals surface area contributed by atoms with Crippen molar-refractivity contribution >= 4 is 29.0 Å². The Kier molecular flexibility index (Phi) is 7.05. The minimum atomic E-state index is -4.65. The summed E-state index contributed by atoms with van der Waals surface area (Å²) in [4.78, 5) is 12.9. The normalized spacial score (nSPS) is 18.1. The second-order valence-electron chi connectivity index (χ2n) is 8.31. The average molecular weight is 525 g/mol. The van der Waals surface area contributed by atoms with E-state index in [1.807, 2.05) is 0 Å². The molecule has 0 saturated heterocycles. The number of aromatic nitrogens is 2. The summed E-state index contributed by atoms with van der Waals surface area (Å²) in [5, 5.41) is 18.9. The Morgan fingerprint density at radius 3 is 2.44 bits per heavy atom. The van der Waals surface area contributed by atoms with Gasteiger partial charge in [0.05, 0.1) is 26.4 Å². The Morgan fingerprint density at radius 1 is 1.19 bits per heavy atom. The molecular weight excluding hydrogens is 501 g/mol. The van der Waals surface area contributed by atoms with Crippen molar-refractivity contribution in [1.29, 1.82) is 0 Å². The zero-order valence-electron chi connectivity index (χ0n) is 19.6. The quantitative estimate of drug-likeness (QED) is 0.393. The molecule has 1 aliphatic rings. The number of halogens is 4. The number of aliphatic hydroxyl groups excluding tert-OH is 1. The fourth-order valence-corrected chi connectivity index (χ4v) is 4.32. The molecule has 0 saturated carbocycles. The number of nitrogens with one attached hydrogen (secondary N) is 2. The van der Waals surface area contributed by atoms with Gasteiger partial charge in [0, 0.05) is 12.1 Å². The van der Waals surface area contributed by atoms with Crippen LogP contribution in [-0.4, -0.2) is 41.2 Å². The third-order valence-corrected chi connectivity index (χ3v) is 6.33. The van der Waals surface area contributed by atoms with Crippen molar-refractivity contribution in [3.8, 4) is 11.5 Å². The molecular formula is C24H24ClF3N4O4. The first-order chi connectivity index (χ1) is 17.0. The van der Waals surface area contributed by atoms with E-state index in [4.69, 9.17) is 21.1 Å². The molecule has 0 unspecified atom stereocenters. The molecule has 0 aliphatic carbocycles. The highest BCUT2D eigenvalue weighted by Gasteiger charge is 2.48. The Labute approximate surface area is 210 Å². The number of nitrogens with zero attached hydrogens (tertiary/aromatic N) is 2. The van der Waals surface area contributed by atoms with Gasteiger partial charge in [0.25, 0.3) is 5.91 Å². The molecule has 3 N–H and O–H groups in total. The molecule has 1 amide bonds. The molecule has 3 aromatic rings. The van der Waals surface area contributed by atoms with E-state index >= 15 is 0 Å². The Bertz CT molecular complexity index is 1260. The molecule has 3 atom stereocenters. The van der Waals surface area contributed by atoms with Gasteiger partial charge in [0.2, 0.25) is 0 Å². The van der Waals surface area contributed by atoms with Crippen LogP contribution in [0.5, 0.6) is 11.5 Å². The number of alkyl halides is 3. The number of rotatable bonds is 6. The van der Waals surface area contributed by atoms with Crippen LogP contribution in [0, 0.1) is 0 Å². The smallest absolute Gasteiger partial charge is 0.410 e. The van der Waals surface area contributed by atoms with Gasteiger partial charge < -0.3 is 25.2 Å². The summed E-state index contributed by atoms with van der Waals surface area (Å²) >= 11 is 6.39. The summed E-state index contributed by atoms with van der Waals surface area (Å²) in [6.45, 7) is 1.60. The fraction of sp³-hybridized carbons (Fsp3) is 0.333. The molecule has 2 heterocycles. The predicted molar refractivity (Wildman–Crippen MR) is 128 cm³/mol. The van der Waals surface area contributed by atoms with Crippen LogP contribution in [0.15, 0.2) is 42.5 Å². The number of fused-ring (bicyclic) bond motifs is 1. The number of hydrogen-bond acceptors (Lipinski definition) is 6. The van der Waals surface area contributed by atoms with E-state index in [0.29, 0.717) is 33.0 Å². The summed E-state index contributed by atoms with van der Waals surface area (Å²) in [7, 11) is 2.89. The summed E-state index contributed by atoms with van der Waals surface area (Å²) in [5.74, 6) is -0.0723. The summed E-state index contributed by atoms with van der Waals surface area (Å²) in [5.41, 5.74) is 1.19. The first kappa shape index (κ1) is 25.6. The number of carbonyl (C=O) groups is 1. The second-order valence-corrected chi connectivity index (χ2v) is 8.69. The predicted octanol–water partition coefficient (Wildman–Crippen LogP) is 5.52. The minimum absolute atomic E-state index is 0.111. The van der Waals surface area contributed by atoms with Gasteiger partial charge in [-0.2, -0.15) is 18.3 Å². The number of benzene rings is 2. The zero-order valence-corrected chi connectivity index (χ0v) is 20.3. The van der Waals surface area contributed by atoms with Gasteiger partial charge in [-0.1, -0.05) is 29.8 Å². The van der Waals surface area contributed by atoms with Crippen LogP contribution < -0.4 is 20.1 Å². The van der Waals surface area contributed by atoms with Crippen molar-refractivity contribution in [2.24, 2.45) is 0 Å². The first-order valence-electron chi connectivity index (χ1n) is 11.0. The molecule has 192 valence electrons. The van der Waals surface area contributed by atoms with Crippen LogP contribution in [0.2, 0.25) is 5.02 Å². The van der Waals surface area contributed by atoms with Gasteiger partial charge in [-0.05, 0) is 42.3 Å². The first-order valence-corrected chi connectivity index (χ1v) is 11.3. The lowest BCUT2D eigenvalue weighted by atomic mass is 9.96. The number of ether oxygens (including phenoxy) is 2. The Morgan fingerprint density at radius 2 is 1.86 bits per heavy atom. The molecule has 12 heteroatoms. The van der Waals surface area contributed by atoms with E-state index in [9.17, 15) is 23.1 Å². The van der Waals surface area contributed by atoms with Crippen molar-refractivity contribution in [3.63, 3.8) is 0 Å². The SMILES string of the molecule is COc1ccc([C@@H]2C[C@@H](C(F)(F)F)n3nc(C(=O)Nc4ccc([C@@H](C)O)cc4)c(Cl)c3N2)cc1OC. The monoisotopic (exact) mass is 524 g/mol. The van der Waals surface area contributed by atoms with Gasteiger partial charge in [0.1, 0.15) is 10.8 Å². The van der Waals surface area contributed by atoms with Crippen molar-refractivity contribution in [2.75, 3.05) is 24.9 Å². The number of carbonyl (C=O) groups excluding carboxylic acids is 1. The molecule has 2 aromatic carbocycles. The Hall–Kier alpha value is -3.44. The van der Waals surface area contributed by atoms with Crippen LogP contribution in [-0.2, 0) is 0 Å². The summed E-state index contributed by atoms with van der Waals surface area (Å²) in [6.07, 6.45) is -5.72. The lowest BCUT2D eigenvalue weighted by Crippen LogP contribution is -2.35. The lowest BCUT2D eigenvalue weighted by Gasteiger charge is -2.33. The maximum Gasteiger partial charge on any atom is 0.410 e. The Balaban J connectivity index is 1.66. The van der Waals surface area contributed by atoms with Crippen LogP contribution in [0.1, 0.15) is 53.1 Å². The highest BCUT2D eigenvalue weighted by Crippen LogP contribution is 2.47. The number of anilines is 2. The maximum atomic E-state index is 14.1. The molecule has 1 aliphatic heterocycles. The van der Waals surface area contributed by atoms with Crippen molar-refractivity contribution in [3.05, 3.63) is 64.3 Å². The molecule has 0 bridgehead atoms. The zero-order chi connectivity index (χ0) is 26.2. The largest absolute Gasteiger partial charge is 0.493 e. The minimum Gasteiger partial charge on any atom is -0.493 e. The topological polar surface area (TPSA) is 97.6 Å². The standard InChI is InChI=1S/C24H24ClF3N4O4/c1-12(33)13-4-7-15(8-5-13)29-23(34)21-20(25)22-30-16(11-19(24(26,27)28)32(22)31-21)14-6-9-17(35-2)18(10-14)36-3/h4-10,12,16,19,30,33H,11H2,1-3H3,(H,29,34)/t12-,16+,19+/m1/s1. The summed E-state index contributed by atoms with van der Waals surface area (Å²) < 4.78 is 53.4. The van der Waals surface area contributed by atoms with E-state index in [1.165, 1.54) is 14.2 Å². The maximum absolute atomic E-state index is 14.1. The molecule has 36 heavy (non-hydrogen) atoms. The van der Waals surface area contributed by atoms with Crippen LogP contribution in [0.4, 0.5) is 24.7 Å². The fourth-order valence-electron chi connectivity index (χ4n) is 4.06. The second kappa shape index (κ2) is 9.90. The van der Waals surface area contributed by atoms with Crippen LogP contribution in [0.3, 0.4) is 0 Å². The molecule has 8 nitrogen and oxygen atoms in total. The lowest BCUT2D eigenvalue weighted by molar-refractivity contribution is -0.173. The molecule has 0 spiro atoms. The van der Waals surface area contributed by atoms with E-state index in [1.54, 1.807) is 49.4 Å². The van der Waals surface area contributed by atoms with E-state index in [2.05, 4.69) is 15.7 Å². The van der Waals surface area contributed by atoms with Gasteiger partial charge in [-0.25, -0.2) is 4.68 Å². The molecule has 0 fully saturated rings.